The Morgan fingerprint density at radius 1 is 1.07 bits per heavy atom. The van der Waals surface area contributed by atoms with Gasteiger partial charge >= 0.3 is 0 Å². The molecule has 144 valence electrons. The maximum Gasteiger partial charge on any atom is 0.241 e. The van der Waals surface area contributed by atoms with E-state index in [9.17, 15) is 13.2 Å². The minimum Gasteiger partial charge on any atom is -0.325 e. The van der Waals surface area contributed by atoms with Gasteiger partial charge in [0, 0.05) is 16.2 Å². The second-order valence-corrected chi connectivity index (χ2v) is 10.0. The highest BCUT2D eigenvalue weighted by Crippen LogP contribution is 2.49. The van der Waals surface area contributed by atoms with E-state index in [2.05, 4.69) is 10.0 Å². The number of hydrogen-bond donors (Lipinski definition) is 2. The third kappa shape index (κ3) is 4.51. The van der Waals surface area contributed by atoms with Crippen molar-refractivity contribution in [3.8, 4) is 0 Å². The molecule has 0 bridgehead atoms. The number of rotatable bonds is 5. The number of hydrogen-bond acceptors (Lipinski definition) is 3. The number of benzene rings is 2. The maximum atomic E-state index is 12.9. The molecule has 2 aromatic carbocycles. The Hall–Kier alpha value is -1.89. The molecule has 1 amide bonds. The SMILES string of the molecule is CC(C)(C)NS(=O)(=O)c1cccc(NC(=O)C2(c3ccc(Cl)cc3)CC2)c1. The van der Waals surface area contributed by atoms with Crippen LogP contribution >= 0.6 is 11.6 Å². The lowest BCUT2D eigenvalue weighted by Gasteiger charge is -2.21. The fourth-order valence-electron chi connectivity index (χ4n) is 2.99. The monoisotopic (exact) mass is 406 g/mol. The Morgan fingerprint density at radius 2 is 1.70 bits per heavy atom. The Kier molecular flexibility index (Phi) is 5.10. The molecule has 7 heteroatoms. The van der Waals surface area contributed by atoms with Gasteiger partial charge in [0.15, 0.2) is 0 Å². The first-order valence-corrected chi connectivity index (χ1v) is 10.6. The van der Waals surface area contributed by atoms with Crippen LogP contribution in [0.4, 0.5) is 5.69 Å². The summed E-state index contributed by atoms with van der Waals surface area (Å²) in [6.07, 6.45) is 1.51. The van der Waals surface area contributed by atoms with Crippen LogP contribution in [0.3, 0.4) is 0 Å². The zero-order valence-corrected chi connectivity index (χ0v) is 17.1. The van der Waals surface area contributed by atoms with Crippen LogP contribution in [0.15, 0.2) is 53.4 Å². The highest BCUT2D eigenvalue weighted by molar-refractivity contribution is 7.89. The molecule has 0 atom stereocenters. The standard InChI is InChI=1S/C20H23ClN2O3S/c1-19(2,3)23-27(25,26)17-6-4-5-16(13-17)22-18(24)20(11-12-20)14-7-9-15(21)10-8-14/h4-10,13,23H,11-12H2,1-3H3,(H,22,24). The summed E-state index contributed by atoms with van der Waals surface area (Å²) in [6.45, 7) is 5.33. The summed E-state index contributed by atoms with van der Waals surface area (Å²) in [4.78, 5) is 13.0. The average Bonchev–Trinajstić information content (AvgIpc) is 3.35. The first-order valence-electron chi connectivity index (χ1n) is 8.73. The molecule has 0 saturated heterocycles. The summed E-state index contributed by atoms with van der Waals surface area (Å²) in [5, 5.41) is 3.49. The lowest BCUT2D eigenvalue weighted by molar-refractivity contribution is -0.118. The van der Waals surface area contributed by atoms with Crippen molar-refractivity contribution in [1.82, 2.24) is 4.72 Å². The van der Waals surface area contributed by atoms with Crippen LogP contribution in [0.25, 0.3) is 0 Å². The summed E-state index contributed by atoms with van der Waals surface area (Å²) < 4.78 is 27.6. The molecule has 3 rings (SSSR count). The largest absolute Gasteiger partial charge is 0.325 e. The molecule has 0 unspecified atom stereocenters. The van der Waals surface area contributed by atoms with Gasteiger partial charge in [-0.2, -0.15) is 0 Å². The quantitative estimate of drug-likeness (QED) is 0.785. The fraction of sp³-hybridized carbons (Fsp3) is 0.350. The maximum absolute atomic E-state index is 12.9. The van der Waals surface area contributed by atoms with Crippen LogP contribution < -0.4 is 10.0 Å². The van der Waals surface area contributed by atoms with E-state index in [0.29, 0.717) is 10.7 Å². The van der Waals surface area contributed by atoms with E-state index < -0.39 is 21.0 Å². The lowest BCUT2D eigenvalue weighted by Crippen LogP contribution is -2.40. The smallest absolute Gasteiger partial charge is 0.241 e. The highest BCUT2D eigenvalue weighted by atomic mass is 35.5. The molecule has 1 saturated carbocycles. The van der Waals surface area contributed by atoms with Crippen LogP contribution in [0.1, 0.15) is 39.2 Å². The topological polar surface area (TPSA) is 75.3 Å². The summed E-state index contributed by atoms with van der Waals surface area (Å²) in [5.41, 5.74) is 0.216. The predicted octanol–water partition coefficient (Wildman–Crippen LogP) is 4.09. The molecule has 0 radical (unpaired) electrons. The van der Waals surface area contributed by atoms with Gasteiger partial charge in [0.25, 0.3) is 0 Å². The molecule has 1 fully saturated rings. The van der Waals surface area contributed by atoms with E-state index in [0.717, 1.165) is 18.4 Å². The second kappa shape index (κ2) is 6.93. The Labute approximate surface area is 165 Å². The van der Waals surface area contributed by atoms with Crippen molar-refractivity contribution < 1.29 is 13.2 Å². The molecule has 2 aromatic rings. The van der Waals surface area contributed by atoms with Gasteiger partial charge in [0.2, 0.25) is 15.9 Å². The molecule has 27 heavy (non-hydrogen) atoms. The van der Waals surface area contributed by atoms with Gasteiger partial charge < -0.3 is 5.32 Å². The van der Waals surface area contributed by atoms with Crippen molar-refractivity contribution >= 4 is 33.2 Å². The van der Waals surface area contributed by atoms with Crippen LogP contribution in [-0.4, -0.2) is 19.9 Å². The van der Waals surface area contributed by atoms with Gasteiger partial charge in [-0.25, -0.2) is 13.1 Å². The summed E-state index contributed by atoms with van der Waals surface area (Å²) in [6, 6.07) is 13.6. The molecule has 2 N–H and O–H groups in total. The van der Waals surface area contributed by atoms with Gasteiger partial charge in [0.05, 0.1) is 10.3 Å². The van der Waals surface area contributed by atoms with Crippen molar-refractivity contribution in [2.75, 3.05) is 5.32 Å². The van der Waals surface area contributed by atoms with E-state index in [4.69, 9.17) is 11.6 Å². The van der Waals surface area contributed by atoms with Crippen LogP contribution in [0.5, 0.6) is 0 Å². The summed E-state index contributed by atoms with van der Waals surface area (Å²) in [5.74, 6) is -0.136. The number of amides is 1. The third-order valence-corrected chi connectivity index (χ3v) is 6.43. The highest BCUT2D eigenvalue weighted by Gasteiger charge is 2.51. The number of carbonyl (C=O) groups is 1. The van der Waals surface area contributed by atoms with Crippen LogP contribution in [0.2, 0.25) is 5.02 Å². The number of anilines is 1. The molecule has 0 heterocycles. The second-order valence-electron chi connectivity index (χ2n) is 7.93. The Balaban J connectivity index is 1.81. The zero-order chi connectivity index (χ0) is 19.9. The van der Waals surface area contributed by atoms with Gasteiger partial charge in [-0.3, -0.25) is 4.79 Å². The van der Waals surface area contributed by atoms with E-state index >= 15 is 0 Å². The fourth-order valence-corrected chi connectivity index (χ4v) is 4.58. The summed E-state index contributed by atoms with van der Waals surface area (Å²) >= 11 is 5.93. The number of halogens is 1. The first kappa shape index (κ1) is 19.9. The molecule has 0 aliphatic heterocycles. The van der Waals surface area contributed by atoms with Gasteiger partial charge in [-0.15, -0.1) is 0 Å². The number of carbonyl (C=O) groups excluding carboxylic acids is 1. The molecule has 0 aromatic heterocycles. The lowest BCUT2D eigenvalue weighted by atomic mass is 9.95. The van der Waals surface area contributed by atoms with Gasteiger partial charge in [-0.1, -0.05) is 29.8 Å². The predicted molar refractivity (Wildman–Crippen MR) is 108 cm³/mol. The average molecular weight is 407 g/mol. The Morgan fingerprint density at radius 3 is 2.26 bits per heavy atom. The van der Waals surface area contributed by atoms with Crippen molar-refractivity contribution in [2.45, 2.75) is 49.5 Å². The summed E-state index contributed by atoms with van der Waals surface area (Å²) in [7, 11) is -3.67. The van der Waals surface area contributed by atoms with Crippen molar-refractivity contribution in [3.63, 3.8) is 0 Å². The molecule has 1 aliphatic carbocycles. The molecule has 5 nitrogen and oxygen atoms in total. The van der Waals surface area contributed by atoms with Gasteiger partial charge in [0.1, 0.15) is 0 Å². The molecule has 0 spiro atoms. The van der Waals surface area contributed by atoms with E-state index in [1.165, 1.54) is 12.1 Å². The van der Waals surface area contributed by atoms with Gasteiger partial charge in [-0.05, 0) is 69.5 Å². The minimum absolute atomic E-state index is 0.117. The van der Waals surface area contributed by atoms with Crippen molar-refractivity contribution in [2.24, 2.45) is 0 Å². The molecular formula is C20H23ClN2O3S. The first-order chi connectivity index (χ1) is 12.5. The van der Waals surface area contributed by atoms with Crippen molar-refractivity contribution in [1.29, 1.82) is 0 Å². The number of sulfonamides is 1. The minimum atomic E-state index is -3.67. The molecular weight excluding hydrogens is 384 g/mol. The zero-order valence-electron chi connectivity index (χ0n) is 15.5. The van der Waals surface area contributed by atoms with Crippen LogP contribution in [-0.2, 0) is 20.2 Å². The van der Waals surface area contributed by atoms with Crippen molar-refractivity contribution in [3.05, 3.63) is 59.1 Å². The van der Waals surface area contributed by atoms with E-state index in [1.54, 1.807) is 45.0 Å². The van der Waals surface area contributed by atoms with E-state index in [-0.39, 0.29) is 10.8 Å². The third-order valence-electron chi connectivity index (χ3n) is 4.42. The normalized spacial score (nSPS) is 16.0. The van der Waals surface area contributed by atoms with Crippen LogP contribution in [0, 0.1) is 0 Å². The number of nitrogens with one attached hydrogen (secondary N) is 2. The Bertz CT molecular complexity index is 959. The molecule has 1 aliphatic rings. The van der Waals surface area contributed by atoms with E-state index in [1.807, 2.05) is 12.1 Å².